The van der Waals surface area contributed by atoms with E-state index >= 15 is 0 Å². The first-order valence-electron chi connectivity index (χ1n) is 4.36. The maximum Gasteiger partial charge on any atom is 0.126 e. The molecule has 14 heavy (non-hydrogen) atoms. The van der Waals surface area contributed by atoms with Crippen LogP contribution in [0.25, 0.3) is 0 Å². The standard InChI is InChI=1S/C10H12ClF2N/c1-7(5-11)14-6-8-2-9(12)4-10(13)3-8/h2-4,7,14H,5-6H2,1H3. The number of nitrogens with one attached hydrogen (secondary N) is 1. The molecular formula is C10H12ClF2N. The molecular weight excluding hydrogens is 208 g/mol. The molecule has 0 aromatic heterocycles. The summed E-state index contributed by atoms with van der Waals surface area (Å²) < 4.78 is 25.5. The lowest BCUT2D eigenvalue weighted by atomic mass is 10.2. The van der Waals surface area contributed by atoms with Crippen molar-refractivity contribution < 1.29 is 8.78 Å². The molecule has 4 heteroatoms. The second-order valence-corrected chi connectivity index (χ2v) is 3.52. The lowest BCUT2D eigenvalue weighted by molar-refractivity contribution is 0.562. The largest absolute Gasteiger partial charge is 0.309 e. The number of rotatable bonds is 4. The average Bonchev–Trinajstić information content (AvgIpc) is 2.12. The van der Waals surface area contributed by atoms with Crippen molar-refractivity contribution in [2.24, 2.45) is 0 Å². The fourth-order valence-electron chi connectivity index (χ4n) is 1.06. The predicted molar refractivity (Wildman–Crippen MR) is 53.4 cm³/mol. The molecule has 1 aromatic rings. The Hall–Kier alpha value is -0.670. The smallest absolute Gasteiger partial charge is 0.126 e. The highest BCUT2D eigenvalue weighted by molar-refractivity contribution is 6.18. The molecule has 0 heterocycles. The fraction of sp³-hybridized carbons (Fsp3) is 0.400. The first-order valence-corrected chi connectivity index (χ1v) is 4.89. The van der Waals surface area contributed by atoms with E-state index in [1.54, 1.807) is 0 Å². The SMILES string of the molecule is CC(CCl)NCc1cc(F)cc(F)c1. The van der Waals surface area contributed by atoms with Gasteiger partial charge in [0.1, 0.15) is 11.6 Å². The molecule has 1 unspecified atom stereocenters. The van der Waals surface area contributed by atoms with Crippen LogP contribution in [0.2, 0.25) is 0 Å². The van der Waals surface area contributed by atoms with Crippen LogP contribution in [-0.4, -0.2) is 11.9 Å². The Kier molecular flexibility index (Phi) is 4.29. The van der Waals surface area contributed by atoms with Gasteiger partial charge in [0.15, 0.2) is 0 Å². The van der Waals surface area contributed by atoms with Gasteiger partial charge in [-0.05, 0) is 24.6 Å². The van der Waals surface area contributed by atoms with Crippen LogP contribution < -0.4 is 5.32 Å². The summed E-state index contributed by atoms with van der Waals surface area (Å²) in [5, 5.41) is 3.04. The molecule has 0 radical (unpaired) electrons. The van der Waals surface area contributed by atoms with Gasteiger partial charge in [-0.25, -0.2) is 8.78 Å². The number of benzene rings is 1. The third-order valence-electron chi connectivity index (χ3n) is 1.81. The van der Waals surface area contributed by atoms with Gasteiger partial charge in [-0.3, -0.25) is 0 Å². The van der Waals surface area contributed by atoms with Gasteiger partial charge in [0.05, 0.1) is 0 Å². The van der Waals surface area contributed by atoms with E-state index in [1.165, 1.54) is 12.1 Å². The quantitative estimate of drug-likeness (QED) is 0.768. The highest BCUT2D eigenvalue weighted by Gasteiger charge is 2.02. The normalized spacial score (nSPS) is 12.9. The van der Waals surface area contributed by atoms with Gasteiger partial charge in [0, 0.05) is 24.5 Å². The van der Waals surface area contributed by atoms with Gasteiger partial charge < -0.3 is 5.32 Å². The zero-order valence-corrected chi connectivity index (χ0v) is 8.61. The summed E-state index contributed by atoms with van der Waals surface area (Å²) in [6.45, 7) is 2.32. The Bertz CT molecular complexity index is 284. The van der Waals surface area contributed by atoms with Gasteiger partial charge >= 0.3 is 0 Å². The van der Waals surface area contributed by atoms with Gasteiger partial charge in [-0.15, -0.1) is 11.6 Å². The van der Waals surface area contributed by atoms with Crippen molar-refractivity contribution in [2.75, 3.05) is 5.88 Å². The topological polar surface area (TPSA) is 12.0 Å². The van der Waals surface area contributed by atoms with Crippen LogP contribution in [0.1, 0.15) is 12.5 Å². The van der Waals surface area contributed by atoms with Crippen LogP contribution in [0, 0.1) is 11.6 Å². The Labute approximate surface area is 87.1 Å². The molecule has 1 N–H and O–H groups in total. The minimum absolute atomic E-state index is 0.128. The molecule has 0 fully saturated rings. The molecule has 0 aliphatic rings. The number of hydrogen-bond acceptors (Lipinski definition) is 1. The van der Waals surface area contributed by atoms with Gasteiger partial charge in [0.2, 0.25) is 0 Å². The van der Waals surface area contributed by atoms with Crippen molar-refractivity contribution in [3.8, 4) is 0 Å². The fourth-order valence-corrected chi connectivity index (χ4v) is 1.17. The number of hydrogen-bond donors (Lipinski definition) is 1. The van der Waals surface area contributed by atoms with Crippen LogP contribution in [0.3, 0.4) is 0 Å². The van der Waals surface area contributed by atoms with Crippen molar-refractivity contribution in [1.29, 1.82) is 0 Å². The first kappa shape index (κ1) is 11.4. The van der Waals surface area contributed by atoms with Crippen LogP contribution in [0.5, 0.6) is 0 Å². The lowest BCUT2D eigenvalue weighted by Crippen LogP contribution is -2.26. The Morgan fingerprint density at radius 3 is 2.36 bits per heavy atom. The summed E-state index contributed by atoms with van der Waals surface area (Å²) >= 11 is 5.57. The van der Waals surface area contributed by atoms with E-state index in [0.29, 0.717) is 18.0 Å². The average molecular weight is 220 g/mol. The van der Waals surface area contributed by atoms with E-state index in [0.717, 1.165) is 6.07 Å². The zero-order chi connectivity index (χ0) is 10.6. The third kappa shape index (κ3) is 3.60. The lowest BCUT2D eigenvalue weighted by Gasteiger charge is -2.10. The number of halogens is 3. The minimum atomic E-state index is -0.555. The third-order valence-corrected chi connectivity index (χ3v) is 2.27. The highest BCUT2D eigenvalue weighted by atomic mass is 35.5. The van der Waals surface area contributed by atoms with Crippen molar-refractivity contribution in [3.05, 3.63) is 35.4 Å². The molecule has 1 atom stereocenters. The predicted octanol–water partition coefficient (Wildman–Crippen LogP) is 2.68. The minimum Gasteiger partial charge on any atom is -0.309 e. The molecule has 0 saturated heterocycles. The Morgan fingerprint density at radius 1 is 1.29 bits per heavy atom. The number of alkyl halides is 1. The summed E-state index contributed by atoms with van der Waals surface area (Å²) in [4.78, 5) is 0. The molecule has 0 spiro atoms. The second kappa shape index (κ2) is 5.27. The van der Waals surface area contributed by atoms with Crippen molar-refractivity contribution in [3.63, 3.8) is 0 Å². The van der Waals surface area contributed by atoms with Crippen molar-refractivity contribution in [2.45, 2.75) is 19.5 Å². The molecule has 0 aliphatic heterocycles. The van der Waals surface area contributed by atoms with Crippen molar-refractivity contribution >= 4 is 11.6 Å². The van der Waals surface area contributed by atoms with E-state index in [1.807, 2.05) is 6.92 Å². The summed E-state index contributed by atoms with van der Waals surface area (Å²) in [5.74, 6) is -0.640. The van der Waals surface area contributed by atoms with Crippen molar-refractivity contribution in [1.82, 2.24) is 5.32 Å². The van der Waals surface area contributed by atoms with E-state index < -0.39 is 11.6 Å². The van der Waals surface area contributed by atoms with Crippen LogP contribution in [-0.2, 0) is 6.54 Å². The highest BCUT2D eigenvalue weighted by Crippen LogP contribution is 2.07. The summed E-state index contributed by atoms with van der Waals surface area (Å²) in [6.07, 6.45) is 0. The second-order valence-electron chi connectivity index (χ2n) is 3.21. The Morgan fingerprint density at radius 2 is 1.86 bits per heavy atom. The molecule has 0 bridgehead atoms. The monoisotopic (exact) mass is 219 g/mol. The molecule has 1 aromatic carbocycles. The molecule has 0 amide bonds. The Balaban J connectivity index is 2.58. The van der Waals surface area contributed by atoms with E-state index in [4.69, 9.17) is 11.6 Å². The maximum atomic E-state index is 12.7. The summed E-state index contributed by atoms with van der Waals surface area (Å²) in [7, 11) is 0. The summed E-state index contributed by atoms with van der Waals surface area (Å²) in [6, 6.07) is 3.59. The zero-order valence-electron chi connectivity index (χ0n) is 7.86. The van der Waals surface area contributed by atoms with Gasteiger partial charge in [-0.1, -0.05) is 0 Å². The van der Waals surface area contributed by atoms with Gasteiger partial charge in [-0.2, -0.15) is 0 Å². The molecule has 1 rings (SSSR count). The first-order chi connectivity index (χ1) is 6.61. The van der Waals surface area contributed by atoms with E-state index in [-0.39, 0.29) is 6.04 Å². The van der Waals surface area contributed by atoms with Gasteiger partial charge in [0.25, 0.3) is 0 Å². The maximum absolute atomic E-state index is 12.7. The van der Waals surface area contributed by atoms with Crippen LogP contribution in [0.15, 0.2) is 18.2 Å². The van der Waals surface area contributed by atoms with E-state index in [2.05, 4.69) is 5.32 Å². The summed E-state index contributed by atoms with van der Waals surface area (Å²) in [5.41, 5.74) is 0.583. The molecule has 1 nitrogen and oxygen atoms in total. The van der Waals surface area contributed by atoms with Crippen LogP contribution >= 0.6 is 11.6 Å². The molecule has 0 saturated carbocycles. The molecule has 0 aliphatic carbocycles. The van der Waals surface area contributed by atoms with Crippen LogP contribution in [0.4, 0.5) is 8.78 Å². The van der Waals surface area contributed by atoms with E-state index in [9.17, 15) is 8.78 Å². The molecule has 78 valence electrons.